The highest BCUT2D eigenvalue weighted by molar-refractivity contribution is 6.31. The van der Waals surface area contributed by atoms with Crippen LogP contribution in [0.1, 0.15) is 125 Å². The van der Waals surface area contributed by atoms with Crippen LogP contribution in [0.3, 0.4) is 0 Å². The molecular weight excluding hydrogens is 590 g/mol. The van der Waals surface area contributed by atoms with Gasteiger partial charge in [-0.25, -0.2) is 0 Å². The molecule has 2 aromatic rings. The van der Waals surface area contributed by atoms with Gasteiger partial charge < -0.3 is 14.4 Å². The van der Waals surface area contributed by atoms with Crippen LogP contribution in [0, 0.1) is 42.4 Å². The Balaban J connectivity index is -0.000000272. The molecule has 0 bridgehead atoms. The van der Waals surface area contributed by atoms with Gasteiger partial charge in [0.25, 0.3) is 0 Å². The van der Waals surface area contributed by atoms with Crippen molar-refractivity contribution >= 4 is 23.1 Å². The fourth-order valence-corrected chi connectivity index (χ4v) is 4.43. The van der Waals surface area contributed by atoms with E-state index < -0.39 is 0 Å². The first-order chi connectivity index (χ1) is 21.9. The summed E-state index contributed by atoms with van der Waals surface area (Å²) in [6.45, 7) is 36.6. The number of benzene rings is 2. The molecule has 1 aliphatic rings. The molecule has 0 aromatic heterocycles. The van der Waals surface area contributed by atoms with Crippen molar-refractivity contribution in [3.05, 3.63) is 82.5 Å². The standard InChI is InChI=1S/C15H18N2O.C9H16O.C8H6ClN.4C2H6/c1-4-17-12(3)14(6-5-9-16)18-15-10-11(2)7-8-13(15)17;1-7(2)5-8(3)6-9(4)10;1-6-2-3-7(5-10)8(9)4-6;4*1-2/h7-8,10,14H,3-6H2,1-2H3;8H,1,5-6H2,2-4H3;2-4H,1H3;4*1-2H3. The zero-order valence-corrected chi connectivity index (χ0v) is 32.4. The molecule has 0 fully saturated rings. The number of hydrogen-bond donors (Lipinski definition) is 0. The van der Waals surface area contributed by atoms with Crippen molar-refractivity contribution in [3.63, 3.8) is 0 Å². The van der Waals surface area contributed by atoms with Crippen LogP contribution >= 0.6 is 11.6 Å². The van der Waals surface area contributed by atoms with Gasteiger partial charge in [-0.3, -0.25) is 0 Å². The molecule has 3 rings (SSSR count). The zero-order valence-electron chi connectivity index (χ0n) is 31.6. The maximum atomic E-state index is 10.6. The van der Waals surface area contributed by atoms with Gasteiger partial charge in [0, 0.05) is 25.8 Å². The van der Waals surface area contributed by atoms with E-state index in [1.165, 1.54) is 5.56 Å². The molecule has 6 heteroatoms. The van der Waals surface area contributed by atoms with Crippen LogP contribution in [0.25, 0.3) is 0 Å². The number of aryl methyl sites for hydroxylation is 2. The smallest absolute Gasteiger partial charge is 0.144 e. The van der Waals surface area contributed by atoms with E-state index in [9.17, 15) is 4.79 Å². The number of ether oxygens (including phenoxy) is 1. The average Bonchev–Trinajstić information content (AvgIpc) is 3.04. The first kappa shape index (κ1) is 49.3. The van der Waals surface area contributed by atoms with Crippen LogP contribution in [0.2, 0.25) is 5.02 Å². The number of fused-ring (bicyclic) bond motifs is 1. The fourth-order valence-electron chi connectivity index (χ4n) is 4.15. The molecule has 258 valence electrons. The Morgan fingerprint density at radius 3 is 1.91 bits per heavy atom. The molecule has 1 aliphatic heterocycles. The molecule has 2 atom stereocenters. The van der Waals surface area contributed by atoms with Crippen molar-refractivity contribution in [2.75, 3.05) is 11.4 Å². The molecule has 0 N–H and O–H groups in total. The second-order valence-electron chi connectivity index (χ2n) is 9.78. The molecular formula is C40H64ClN3O2. The third kappa shape index (κ3) is 21.2. The minimum atomic E-state index is -0.0844. The highest BCUT2D eigenvalue weighted by Gasteiger charge is 2.28. The van der Waals surface area contributed by atoms with E-state index in [0.717, 1.165) is 41.2 Å². The number of rotatable bonds is 7. The van der Waals surface area contributed by atoms with Crippen molar-refractivity contribution in [1.82, 2.24) is 0 Å². The summed E-state index contributed by atoms with van der Waals surface area (Å²) in [5.74, 6) is 1.64. The number of Topliss-reactive ketones (excluding diaryl/α,β-unsaturated/α-hetero) is 1. The highest BCUT2D eigenvalue weighted by Crippen LogP contribution is 2.38. The summed E-state index contributed by atoms with van der Waals surface area (Å²) < 4.78 is 5.97. The Hall–Kier alpha value is -3.54. The largest absolute Gasteiger partial charge is 0.482 e. The topological polar surface area (TPSA) is 77.1 Å². The number of nitriles is 2. The van der Waals surface area contributed by atoms with Crippen molar-refractivity contribution in [2.45, 2.75) is 129 Å². The van der Waals surface area contributed by atoms with Crippen molar-refractivity contribution in [3.8, 4) is 17.9 Å². The van der Waals surface area contributed by atoms with E-state index in [2.05, 4.69) is 50.1 Å². The van der Waals surface area contributed by atoms with Gasteiger partial charge in [0.2, 0.25) is 0 Å². The Labute approximate surface area is 288 Å². The number of anilines is 1. The van der Waals surface area contributed by atoms with E-state index in [1.807, 2.05) is 94.4 Å². The van der Waals surface area contributed by atoms with Gasteiger partial charge in [0.1, 0.15) is 23.7 Å². The van der Waals surface area contributed by atoms with Gasteiger partial charge in [0.05, 0.1) is 28.0 Å². The molecule has 0 spiro atoms. The molecule has 0 amide bonds. The monoisotopic (exact) mass is 653 g/mol. The molecule has 5 nitrogen and oxygen atoms in total. The van der Waals surface area contributed by atoms with Crippen LogP contribution in [0.5, 0.6) is 5.75 Å². The number of allylic oxidation sites excluding steroid dienone is 1. The van der Waals surface area contributed by atoms with E-state index in [-0.39, 0.29) is 11.9 Å². The molecule has 2 unspecified atom stereocenters. The summed E-state index contributed by atoms with van der Waals surface area (Å²) in [5.41, 5.74) is 5.96. The van der Waals surface area contributed by atoms with E-state index >= 15 is 0 Å². The average molecular weight is 654 g/mol. The SMILES string of the molecule is C=C(C)CC(C)CC(C)=O.C=C1C(CCC#N)Oc2cc(C)ccc2N1CC.CC.CC.CC.CC.Cc1ccc(C#N)c(Cl)c1. The van der Waals surface area contributed by atoms with E-state index in [1.54, 1.807) is 19.1 Å². The quantitative estimate of drug-likeness (QED) is 0.278. The zero-order chi connectivity index (χ0) is 36.8. The third-order valence-corrected chi connectivity index (χ3v) is 6.12. The van der Waals surface area contributed by atoms with Crippen molar-refractivity contribution in [1.29, 1.82) is 10.5 Å². The minimum Gasteiger partial charge on any atom is -0.482 e. The lowest BCUT2D eigenvalue weighted by molar-refractivity contribution is -0.117. The number of carbonyl (C=O) groups is 1. The molecule has 46 heavy (non-hydrogen) atoms. The molecule has 0 saturated carbocycles. The van der Waals surface area contributed by atoms with E-state index in [4.69, 9.17) is 26.9 Å². The van der Waals surface area contributed by atoms with Gasteiger partial charge in [0.15, 0.2) is 0 Å². The van der Waals surface area contributed by atoms with Crippen LogP contribution in [0.4, 0.5) is 5.69 Å². The van der Waals surface area contributed by atoms with Gasteiger partial charge >= 0.3 is 0 Å². The predicted molar refractivity (Wildman–Crippen MR) is 203 cm³/mol. The lowest BCUT2D eigenvalue weighted by Gasteiger charge is -2.37. The normalized spacial score (nSPS) is 12.2. The van der Waals surface area contributed by atoms with Gasteiger partial charge in [-0.2, -0.15) is 10.5 Å². The first-order valence-corrected chi connectivity index (χ1v) is 17.2. The number of ketones is 1. The Morgan fingerprint density at radius 2 is 1.48 bits per heavy atom. The number of halogens is 1. The lowest BCUT2D eigenvalue weighted by Crippen LogP contribution is -2.37. The number of hydrogen-bond acceptors (Lipinski definition) is 5. The van der Waals surface area contributed by atoms with Gasteiger partial charge in [-0.15, -0.1) is 6.58 Å². The Kier molecular flexibility index (Phi) is 33.7. The molecule has 2 aromatic carbocycles. The first-order valence-electron chi connectivity index (χ1n) is 16.8. The third-order valence-electron chi connectivity index (χ3n) is 5.81. The Morgan fingerprint density at radius 1 is 0.957 bits per heavy atom. The van der Waals surface area contributed by atoms with E-state index in [0.29, 0.717) is 35.8 Å². The number of carbonyl (C=O) groups excluding carboxylic acids is 1. The lowest BCUT2D eigenvalue weighted by atomic mass is 9.98. The summed E-state index contributed by atoms with van der Waals surface area (Å²) >= 11 is 5.71. The maximum absolute atomic E-state index is 10.6. The number of nitrogens with zero attached hydrogens (tertiary/aromatic N) is 3. The second-order valence-corrected chi connectivity index (χ2v) is 10.2. The maximum Gasteiger partial charge on any atom is 0.144 e. The molecule has 0 radical (unpaired) electrons. The Bertz CT molecular complexity index is 1190. The van der Waals surface area contributed by atoms with Crippen molar-refractivity contribution < 1.29 is 9.53 Å². The van der Waals surface area contributed by atoms with Gasteiger partial charge in [-0.05, 0) is 82.3 Å². The summed E-state index contributed by atoms with van der Waals surface area (Å²) in [4.78, 5) is 12.8. The predicted octanol–water partition coefficient (Wildman–Crippen LogP) is 12.6. The summed E-state index contributed by atoms with van der Waals surface area (Å²) in [7, 11) is 0. The highest BCUT2D eigenvalue weighted by atomic mass is 35.5. The van der Waals surface area contributed by atoms with Crippen molar-refractivity contribution in [2.24, 2.45) is 5.92 Å². The minimum absolute atomic E-state index is 0.0844. The van der Waals surface area contributed by atoms with Crippen LogP contribution < -0.4 is 9.64 Å². The molecule has 1 heterocycles. The molecule has 0 aliphatic carbocycles. The van der Waals surface area contributed by atoms with Gasteiger partial charge in [-0.1, -0.05) is 98.2 Å². The van der Waals surface area contributed by atoms with Crippen LogP contribution in [-0.4, -0.2) is 18.4 Å². The summed E-state index contributed by atoms with van der Waals surface area (Å²) in [5, 5.41) is 17.7. The summed E-state index contributed by atoms with van der Waals surface area (Å²) in [6.07, 6.45) is 2.76. The molecule has 0 saturated heterocycles. The van der Waals surface area contributed by atoms with Crippen LogP contribution in [-0.2, 0) is 4.79 Å². The second kappa shape index (κ2) is 31.4. The van der Waals surface area contributed by atoms with Crippen LogP contribution in [0.15, 0.2) is 60.8 Å². The number of likely N-dealkylation sites (N-methyl/N-ethyl adjacent to an activating group) is 1. The summed E-state index contributed by atoms with van der Waals surface area (Å²) in [6, 6.07) is 15.7. The fraction of sp³-hybridized carbons (Fsp3) is 0.525.